The van der Waals surface area contributed by atoms with Gasteiger partial charge in [-0.25, -0.2) is 9.97 Å². The van der Waals surface area contributed by atoms with Crippen LogP contribution in [-0.4, -0.2) is 35.8 Å². The van der Waals surface area contributed by atoms with Crippen LogP contribution in [0.1, 0.15) is 28.7 Å². The third kappa shape index (κ3) is 4.61. The molecular formula is C17H21N3O3S. The summed E-state index contributed by atoms with van der Waals surface area (Å²) < 4.78 is 10.5. The van der Waals surface area contributed by atoms with Crippen LogP contribution in [0.25, 0.3) is 0 Å². The maximum absolute atomic E-state index is 12.3. The van der Waals surface area contributed by atoms with Gasteiger partial charge in [0.05, 0.1) is 14.2 Å². The number of carbonyl (C=O) groups excluding carboxylic acids is 1. The van der Waals surface area contributed by atoms with E-state index in [4.69, 9.17) is 9.47 Å². The van der Waals surface area contributed by atoms with Gasteiger partial charge in [-0.05, 0) is 36.4 Å². The van der Waals surface area contributed by atoms with Gasteiger partial charge in [-0.15, -0.1) is 0 Å². The minimum atomic E-state index is -0.228. The summed E-state index contributed by atoms with van der Waals surface area (Å²) in [6.07, 6.45) is 0. The lowest BCUT2D eigenvalue weighted by Crippen LogP contribution is -2.24. The highest BCUT2D eigenvalue weighted by atomic mass is 32.2. The molecule has 0 aliphatic carbocycles. The third-order valence-corrected chi connectivity index (χ3v) is 3.97. The van der Waals surface area contributed by atoms with Gasteiger partial charge < -0.3 is 14.8 Å². The second kappa shape index (κ2) is 8.54. The lowest BCUT2D eigenvalue weighted by atomic mass is 10.2. The molecule has 0 aliphatic rings. The minimum Gasteiger partial charge on any atom is -0.493 e. The van der Waals surface area contributed by atoms with E-state index in [0.717, 1.165) is 17.0 Å². The lowest BCUT2D eigenvalue weighted by molar-refractivity contribution is 0.0944. The Morgan fingerprint density at radius 2 is 1.92 bits per heavy atom. The zero-order valence-corrected chi connectivity index (χ0v) is 15.1. The molecule has 2 aromatic rings. The van der Waals surface area contributed by atoms with Crippen molar-refractivity contribution in [3.05, 3.63) is 41.2 Å². The largest absolute Gasteiger partial charge is 0.493 e. The molecule has 0 fully saturated rings. The van der Waals surface area contributed by atoms with Crippen molar-refractivity contribution in [2.45, 2.75) is 25.5 Å². The van der Waals surface area contributed by atoms with Crippen molar-refractivity contribution in [1.82, 2.24) is 15.3 Å². The molecule has 0 saturated heterocycles. The summed E-state index contributed by atoms with van der Waals surface area (Å²) in [6, 6.07) is 7.21. The SMILES string of the molecule is CCSc1nc(C)cc(C(=O)NCc2ccc(OC)c(OC)c2)n1. The molecule has 7 heteroatoms. The van der Waals surface area contributed by atoms with E-state index in [1.165, 1.54) is 11.8 Å². The Bertz CT molecular complexity index is 722. The van der Waals surface area contributed by atoms with E-state index in [-0.39, 0.29) is 5.91 Å². The summed E-state index contributed by atoms with van der Waals surface area (Å²) in [4.78, 5) is 20.9. The van der Waals surface area contributed by atoms with Crippen molar-refractivity contribution in [3.63, 3.8) is 0 Å². The Morgan fingerprint density at radius 1 is 1.17 bits per heavy atom. The number of benzene rings is 1. The molecule has 0 radical (unpaired) electrons. The van der Waals surface area contributed by atoms with Gasteiger partial charge in [-0.3, -0.25) is 4.79 Å². The Morgan fingerprint density at radius 3 is 2.58 bits per heavy atom. The first kappa shape index (κ1) is 18.1. The van der Waals surface area contributed by atoms with Gasteiger partial charge in [-0.2, -0.15) is 0 Å². The van der Waals surface area contributed by atoms with Gasteiger partial charge in [0, 0.05) is 12.2 Å². The molecule has 0 saturated carbocycles. The summed E-state index contributed by atoms with van der Waals surface area (Å²) >= 11 is 1.51. The summed E-state index contributed by atoms with van der Waals surface area (Å²) in [6.45, 7) is 4.25. The Hall–Kier alpha value is -2.28. The number of hydrogen-bond acceptors (Lipinski definition) is 6. The fourth-order valence-corrected chi connectivity index (χ4v) is 2.74. The van der Waals surface area contributed by atoms with E-state index in [9.17, 15) is 4.79 Å². The van der Waals surface area contributed by atoms with Crippen molar-refractivity contribution in [2.24, 2.45) is 0 Å². The van der Waals surface area contributed by atoms with Crippen LogP contribution in [0, 0.1) is 6.92 Å². The number of amides is 1. The number of nitrogens with zero attached hydrogens (tertiary/aromatic N) is 2. The molecule has 0 aliphatic heterocycles. The minimum absolute atomic E-state index is 0.228. The maximum Gasteiger partial charge on any atom is 0.270 e. The molecular weight excluding hydrogens is 326 g/mol. The zero-order valence-electron chi connectivity index (χ0n) is 14.3. The highest BCUT2D eigenvalue weighted by molar-refractivity contribution is 7.99. The molecule has 0 atom stereocenters. The van der Waals surface area contributed by atoms with E-state index in [1.54, 1.807) is 20.3 Å². The fourth-order valence-electron chi connectivity index (χ4n) is 2.11. The fraction of sp³-hybridized carbons (Fsp3) is 0.353. The number of aryl methyl sites for hydroxylation is 1. The van der Waals surface area contributed by atoms with Crippen LogP contribution in [0.15, 0.2) is 29.4 Å². The molecule has 2 rings (SSSR count). The van der Waals surface area contributed by atoms with Gasteiger partial charge in [0.15, 0.2) is 16.7 Å². The molecule has 0 unspecified atom stereocenters. The third-order valence-electron chi connectivity index (χ3n) is 3.24. The van der Waals surface area contributed by atoms with Gasteiger partial charge in [-0.1, -0.05) is 24.8 Å². The zero-order chi connectivity index (χ0) is 17.5. The van der Waals surface area contributed by atoms with Gasteiger partial charge in [0.2, 0.25) is 0 Å². The Labute approximate surface area is 146 Å². The predicted molar refractivity (Wildman–Crippen MR) is 93.9 cm³/mol. The second-order valence-electron chi connectivity index (χ2n) is 4.98. The average Bonchev–Trinajstić information content (AvgIpc) is 2.59. The molecule has 0 spiro atoms. The summed E-state index contributed by atoms with van der Waals surface area (Å²) in [5, 5.41) is 3.48. The molecule has 1 amide bonds. The van der Waals surface area contributed by atoms with Crippen LogP contribution in [0.4, 0.5) is 0 Å². The summed E-state index contributed by atoms with van der Waals surface area (Å²) in [7, 11) is 3.17. The highest BCUT2D eigenvalue weighted by Crippen LogP contribution is 2.27. The standard InChI is InChI=1S/C17H21N3O3S/c1-5-24-17-19-11(2)8-13(20-17)16(21)18-10-12-6-7-14(22-3)15(9-12)23-4/h6-9H,5,10H2,1-4H3,(H,18,21). The molecule has 128 valence electrons. The average molecular weight is 347 g/mol. The molecule has 1 aromatic carbocycles. The first-order valence-electron chi connectivity index (χ1n) is 7.55. The quantitative estimate of drug-likeness (QED) is 0.613. The van der Waals surface area contributed by atoms with Gasteiger partial charge >= 0.3 is 0 Å². The first-order valence-corrected chi connectivity index (χ1v) is 8.53. The molecule has 1 heterocycles. The predicted octanol–water partition coefficient (Wildman–Crippen LogP) is 2.84. The number of ether oxygens (including phenoxy) is 2. The van der Waals surface area contributed by atoms with Gasteiger partial charge in [0.25, 0.3) is 5.91 Å². The number of rotatable bonds is 7. The second-order valence-corrected chi connectivity index (χ2v) is 6.21. The van der Waals surface area contributed by atoms with Crippen molar-refractivity contribution >= 4 is 17.7 Å². The Kier molecular flexibility index (Phi) is 6.43. The van der Waals surface area contributed by atoms with Crippen molar-refractivity contribution in [2.75, 3.05) is 20.0 Å². The monoisotopic (exact) mass is 347 g/mol. The van der Waals surface area contributed by atoms with Crippen LogP contribution in [0.5, 0.6) is 11.5 Å². The van der Waals surface area contributed by atoms with E-state index < -0.39 is 0 Å². The molecule has 1 N–H and O–H groups in total. The Balaban J connectivity index is 2.08. The lowest BCUT2D eigenvalue weighted by Gasteiger charge is -2.10. The molecule has 6 nitrogen and oxygen atoms in total. The van der Waals surface area contributed by atoms with Crippen LogP contribution in [0.2, 0.25) is 0 Å². The number of aromatic nitrogens is 2. The molecule has 1 aromatic heterocycles. The summed E-state index contributed by atoms with van der Waals surface area (Å²) in [5.74, 6) is 1.91. The summed E-state index contributed by atoms with van der Waals surface area (Å²) in [5.41, 5.74) is 2.06. The first-order chi connectivity index (χ1) is 11.6. The number of thioether (sulfide) groups is 1. The number of carbonyl (C=O) groups is 1. The van der Waals surface area contributed by atoms with Gasteiger partial charge in [0.1, 0.15) is 5.69 Å². The normalized spacial score (nSPS) is 10.3. The molecule has 0 bridgehead atoms. The van der Waals surface area contributed by atoms with Crippen molar-refractivity contribution in [1.29, 1.82) is 0 Å². The topological polar surface area (TPSA) is 73.3 Å². The number of hydrogen-bond donors (Lipinski definition) is 1. The van der Waals surface area contributed by atoms with E-state index in [0.29, 0.717) is 28.9 Å². The molecule has 24 heavy (non-hydrogen) atoms. The van der Waals surface area contributed by atoms with Crippen LogP contribution in [0.3, 0.4) is 0 Å². The van der Waals surface area contributed by atoms with E-state index in [2.05, 4.69) is 15.3 Å². The highest BCUT2D eigenvalue weighted by Gasteiger charge is 2.11. The van der Waals surface area contributed by atoms with Crippen LogP contribution in [-0.2, 0) is 6.54 Å². The van der Waals surface area contributed by atoms with Crippen molar-refractivity contribution < 1.29 is 14.3 Å². The smallest absolute Gasteiger partial charge is 0.270 e. The van der Waals surface area contributed by atoms with E-state index >= 15 is 0 Å². The van der Waals surface area contributed by atoms with Crippen LogP contribution < -0.4 is 14.8 Å². The number of nitrogens with one attached hydrogen (secondary N) is 1. The van der Waals surface area contributed by atoms with Crippen LogP contribution >= 0.6 is 11.8 Å². The number of methoxy groups -OCH3 is 2. The van der Waals surface area contributed by atoms with E-state index in [1.807, 2.05) is 32.0 Å². The van der Waals surface area contributed by atoms with Crippen molar-refractivity contribution in [3.8, 4) is 11.5 Å². The maximum atomic E-state index is 12.3.